The monoisotopic (exact) mass is 440 g/mol. The first-order chi connectivity index (χ1) is 12.3. The van der Waals surface area contributed by atoms with Gasteiger partial charge in [-0.2, -0.15) is 0 Å². The molecule has 28 heavy (non-hydrogen) atoms. The third-order valence-electron chi connectivity index (χ3n) is 4.25. The molecule has 1 atom stereocenters. The molecule has 1 heterocycles. The third-order valence-corrected chi connectivity index (χ3v) is 4.25. The molecule has 1 saturated heterocycles. The SMILES string of the molecule is Cl.Cl.Oc1ccc(O)c([C@@H](c2ccc(OC(F)(F)F)cc2)N2CCNCC2)c1. The number of nitrogens with one attached hydrogen (secondary N) is 1. The van der Waals surface area contributed by atoms with E-state index in [4.69, 9.17) is 0 Å². The Balaban J connectivity index is 0.00000196. The fourth-order valence-electron chi connectivity index (χ4n) is 3.14. The molecule has 5 nitrogen and oxygen atoms in total. The first-order valence-corrected chi connectivity index (χ1v) is 8.16. The lowest BCUT2D eigenvalue weighted by Gasteiger charge is -2.36. The van der Waals surface area contributed by atoms with Crippen molar-refractivity contribution in [2.45, 2.75) is 12.4 Å². The molecule has 2 aromatic rings. The van der Waals surface area contributed by atoms with Crippen LogP contribution in [-0.2, 0) is 0 Å². The van der Waals surface area contributed by atoms with E-state index in [2.05, 4.69) is 15.0 Å². The van der Waals surface area contributed by atoms with E-state index < -0.39 is 12.4 Å². The van der Waals surface area contributed by atoms with Crippen LogP contribution in [0.2, 0.25) is 0 Å². The van der Waals surface area contributed by atoms with Gasteiger partial charge in [0.05, 0.1) is 6.04 Å². The maximum absolute atomic E-state index is 12.4. The van der Waals surface area contributed by atoms with Crippen molar-refractivity contribution in [1.29, 1.82) is 0 Å². The molecule has 0 saturated carbocycles. The molecule has 0 unspecified atom stereocenters. The van der Waals surface area contributed by atoms with Crippen molar-refractivity contribution < 1.29 is 28.1 Å². The lowest BCUT2D eigenvalue weighted by atomic mass is 9.95. The minimum Gasteiger partial charge on any atom is -0.508 e. The minimum atomic E-state index is -4.75. The molecule has 1 fully saturated rings. The molecule has 0 aromatic heterocycles. The van der Waals surface area contributed by atoms with Gasteiger partial charge in [0, 0.05) is 31.7 Å². The van der Waals surface area contributed by atoms with E-state index in [0.717, 1.165) is 13.1 Å². The Kier molecular flexibility index (Phi) is 8.69. The lowest BCUT2D eigenvalue weighted by molar-refractivity contribution is -0.274. The van der Waals surface area contributed by atoms with Gasteiger partial charge in [-0.05, 0) is 35.9 Å². The van der Waals surface area contributed by atoms with Crippen molar-refractivity contribution in [3.63, 3.8) is 0 Å². The molecule has 0 aliphatic carbocycles. The molecule has 0 spiro atoms. The Morgan fingerprint density at radius 3 is 2.14 bits per heavy atom. The normalized spacial score (nSPS) is 15.8. The summed E-state index contributed by atoms with van der Waals surface area (Å²) >= 11 is 0. The molecule has 0 radical (unpaired) electrons. The van der Waals surface area contributed by atoms with Gasteiger partial charge in [-0.25, -0.2) is 0 Å². The first kappa shape index (κ1) is 24.2. The maximum atomic E-state index is 12.4. The molecule has 3 rings (SSSR count). The zero-order valence-corrected chi connectivity index (χ0v) is 16.3. The molecule has 1 aliphatic heterocycles. The Hall–Kier alpha value is -1.87. The number of halogens is 5. The fourth-order valence-corrected chi connectivity index (χ4v) is 3.14. The standard InChI is InChI=1S/C18H19F3N2O3.2ClH/c19-18(20,21)26-14-4-1-12(2-5-14)17(23-9-7-22-8-10-23)15-11-13(24)3-6-16(15)25;;/h1-6,11,17,22,24-25H,7-10H2;2*1H/t17-;;/m1../s1. The third kappa shape index (κ3) is 6.07. The number of aromatic hydroxyl groups is 2. The summed E-state index contributed by atoms with van der Waals surface area (Å²) in [5, 5.41) is 23.3. The van der Waals surface area contributed by atoms with Gasteiger partial charge >= 0.3 is 6.36 Å². The zero-order chi connectivity index (χ0) is 18.7. The van der Waals surface area contributed by atoms with Crippen molar-refractivity contribution in [2.24, 2.45) is 0 Å². The minimum absolute atomic E-state index is 0. The maximum Gasteiger partial charge on any atom is 0.573 e. The van der Waals surface area contributed by atoms with Crippen LogP contribution < -0.4 is 10.1 Å². The van der Waals surface area contributed by atoms with E-state index in [9.17, 15) is 23.4 Å². The second-order valence-corrected chi connectivity index (χ2v) is 6.05. The van der Waals surface area contributed by atoms with Crippen LogP contribution in [0.5, 0.6) is 17.2 Å². The van der Waals surface area contributed by atoms with E-state index in [-0.39, 0.29) is 42.1 Å². The van der Waals surface area contributed by atoms with Crippen LogP contribution in [0.3, 0.4) is 0 Å². The molecule has 2 aromatic carbocycles. The van der Waals surface area contributed by atoms with Crippen LogP contribution in [0.4, 0.5) is 13.2 Å². The van der Waals surface area contributed by atoms with Gasteiger partial charge in [0.25, 0.3) is 0 Å². The number of nitrogens with zero attached hydrogens (tertiary/aromatic N) is 1. The second-order valence-electron chi connectivity index (χ2n) is 6.05. The summed E-state index contributed by atoms with van der Waals surface area (Å²) < 4.78 is 41.0. The van der Waals surface area contributed by atoms with Crippen LogP contribution in [0.1, 0.15) is 17.2 Å². The van der Waals surface area contributed by atoms with Crippen LogP contribution >= 0.6 is 24.8 Å². The number of ether oxygens (including phenoxy) is 1. The Morgan fingerprint density at radius 1 is 0.964 bits per heavy atom. The number of alkyl halides is 3. The van der Waals surface area contributed by atoms with Gasteiger partial charge in [0.2, 0.25) is 0 Å². The van der Waals surface area contributed by atoms with Crippen molar-refractivity contribution in [1.82, 2.24) is 10.2 Å². The largest absolute Gasteiger partial charge is 0.573 e. The van der Waals surface area contributed by atoms with Crippen molar-refractivity contribution >= 4 is 24.8 Å². The molecule has 3 N–H and O–H groups in total. The van der Waals surface area contributed by atoms with Crippen LogP contribution in [0.25, 0.3) is 0 Å². The summed E-state index contributed by atoms with van der Waals surface area (Å²) in [6.07, 6.45) is -4.75. The molecule has 0 bridgehead atoms. The summed E-state index contributed by atoms with van der Waals surface area (Å²) in [6.45, 7) is 2.90. The average Bonchev–Trinajstić information content (AvgIpc) is 2.59. The summed E-state index contributed by atoms with van der Waals surface area (Å²) in [5.74, 6) is -0.280. The highest BCUT2D eigenvalue weighted by Crippen LogP contribution is 2.37. The quantitative estimate of drug-likeness (QED) is 0.630. The topological polar surface area (TPSA) is 65.0 Å². The van der Waals surface area contributed by atoms with Gasteiger partial charge in [-0.15, -0.1) is 38.0 Å². The average molecular weight is 441 g/mol. The van der Waals surface area contributed by atoms with E-state index in [1.54, 1.807) is 0 Å². The molecular formula is C18H21Cl2F3N2O3. The van der Waals surface area contributed by atoms with Gasteiger partial charge in [-0.1, -0.05) is 12.1 Å². The van der Waals surface area contributed by atoms with Crippen LogP contribution in [0, 0.1) is 0 Å². The van der Waals surface area contributed by atoms with E-state index >= 15 is 0 Å². The molecule has 0 amide bonds. The van der Waals surface area contributed by atoms with Gasteiger partial charge in [0.15, 0.2) is 0 Å². The van der Waals surface area contributed by atoms with Gasteiger partial charge in [0.1, 0.15) is 17.2 Å². The Bertz CT molecular complexity index is 755. The van der Waals surface area contributed by atoms with Crippen molar-refractivity contribution in [3.05, 3.63) is 53.6 Å². The molecule has 1 aliphatic rings. The summed E-state index contributed by atoms with van der Waals surface area (Å²) in [7, 11) is 0. The zero-order valence-electron chi connectivity index (χ0n) is 14.6. The molecule has 156 valence electrons. The number of piperazine rings is 1. The summed E-state index contributed by atoms with van der Waals surface area (Å²) in [6, 6.07) is 9.44. The number of hydrogen-bond donors (Lipinski definition) is 3. The number of rotatable bonds is 4. The van der Waals surface area contributed by atoms with Crippen LogP contribution in [0.15, 0.2) is 42.5 Å². The number of phenols is 2. The highest BCUT2D eigenvalue weighted by atomic mass is 35.5. The highest BCUT2D eigenvalue weighted by molar-refractivity contribution is 5.85. The Labute approximate surface area is 172 Å². The van der Waals surface area contributed by atoms with E-state index in [0.29, 0.717) is 24.2 Å². The lowest BCUT2D eigenvalue weighted by Crippen LogP contribution is -2.45. The first-order valence-electron chi connectivity index (χ1n) is 8.16. The Morgan fingerprint density at radius 2 is 1.57 bits per heavy atom. The predicted molar refractivity (Wildman–Crippen MR) is 104 cm³/mol. The predicted octanol–water partition coefficient (Wildman–Crippen LogP) is 3.83. The summed E-state index contributed by atoms with van der Waals surface area (Å²) in [4.78, 5) is 2.10. The fraction of sp³-hybridized carbons (Fsp3) is 0.333. The smallest absolute Gasteiger partial charge is 0.508 e. The van der Waals surface area contributed by atoms with Crippen molar-refractivity contribution in [3.8, 4) is 17.2 Å². The van der Waals surface area contributed by atoms with E-state index in [1.807, 2.05) is 0 Å². The number of benzene rings is 2. The molecule has 10 heteroatoms. The highest BCUT2D eigenvalue weighted by Gasteiger charge is 2.31. The number of hydrogen-bond acceptors (Lipinski definition) is 5. The van der Waals surface area contributed by atoms with Gasteiger partial charge < -0.3 is 20.3 Å². The van der Waals surface area contributed by atoms with Crippen LogP contribution in [-0.4, -0.2) is 47.7 Å². The second kappa shape index (κ2) is 10.1. The number of phenolic OH excluding ortho intramolecular Hbond substituents is 2. The molecular weight excluding hydrogens is 420 g/mol. The van der Waals surface area contributed by atoms with E-state index in [1.165, 1.54) is 42.5 Å². The van der Waals surface area contributed by atoms with Crippen molar-refractivity contribution in [2.75, 3.05) is 26.2 Å². The summed E-state index contributed by atoms with van der Waals surface area (Å²) in [5.41, 5.74) is 1.19. The van der Waals surface area contributed by atoms with Gasteiger partial charge in [-0.3, -0.25) is 4.90 Å².